The zero-order chi connectivity index (χ0) is 35.7. The summed E-state index contributed by atoms with van der Waals surface area (Å²) in [5.41, 5.74) is -0.197. The zero-order valence-electron chi connectivity index (χ0n) is 27.2. The number of carbonyl (C=O) groups excluding carboxylic acids is 2. The van der Waals surface area contributed by atoms with Gasteiger partial charge in [0.15, 0.2) is 35.4 Å². The highest BCUT2D eigenvalue weighted by molar-refractivity contribution is 5.88. The van der Waals surface area contributed by atoms with Gasteiger partial charge in [0.05, 0.1) is 26.9 Å². The predicted molar refractivity (Wildman–Crippen MR) is 166 cm³/mol. The average Bonchev–Trinajstić information content (AvgIpc) is 3.06. The number of benzene rings is 2. The third-order valence-electron chi connectivity index (χ3n) is 8.35. The Bertz CT molecular complexity index is 1720. The molecule has 10 atom stereocenters. The molecule has 3 heterocycles. The number of ether oxygens (including phenoxy) is 7. The largest absolute Gasteiger partial charge is 0.504 e. The molecule has 5 rings (SSSR count). The fourth-order valence-electron chi connectivity index (χ4n) is 5.97. The van der Waals surface area contributed by atoms with Crippen molar-refractivity contribution in [3.8, 4) is 28.6 Å². The lowest BCUT2D eigenvalue weighted by molar-refractivity contribution is -0.311. The van der Waals surface area contributed by atoms with Crippen LogP contribution in [-0.2, 0) is 33.3 Å². The summed E-state index contributed by atoms with van der Waals surface area (Å²) in [5.74, 6) is -1.60. The van der Waals surface area contributed by atoms with E-state index in [0.29, 0.717) is 11.3 Å². The maximum absolute atomic E-state index is 13.2. The molecule has 266 valence electrons. The van der Waals surface area contributed by atoms with Gasteiger partial charge in [0.25, 0.3) is 0 Å². The quantitative estimate of drug-likeness (QED) is 0.195. The molecule has 16 heteroatoms. The lowest BCUT2D eigenvalue weighted by Gasteiger charge is -2.44. The third kappa shape index (κ3) is 7.21. The van der Waals surface area contributed by atoms with Crippen LogP contribution in [0.15, 0.2) is 45.6 Å². The van der Waals surface area contributed by atoms with E-state index in [4.69, 9.17) is 37.6 Å². The first-order valence-electron chi connectivity index (χ1n) is 15.3. The van der Waals surface area contributed by atoms with Crippen molar-refractivity contribution in [2.24, 2.45) is 0 Å². The minimum atomic E-state index is -1.81. The van der Waals surface area contributed by atoms with Crippen LogP contribution in [0.5, 0.6) is 17.2 Å². The van der Waals surface area contributed by atoms with Crippen LogP contribution in [0.3, 0.4) is 0 Å². The van der Waals surface area contributed by atoms with E-state index in [1.165, 1.54) is 33.3 Å². The van der Waals surface area contributed by atoms with Crippen LogP contribution in [0, 0.1) is 0 Å². The van der Waals surface area contributed by atoms with Crippen molar-refractivity contribution >= 4 is 22.9 Å². The summed E-state index contributed by atoms with van der Waals surface area (Å²) in [6, 6.07) is 9.19. The number of carbonyl (C=O) groups is 2. The monoisotopic (exact) mass is 690 g/mol. The molecule has 0 radical (unpaired) electrons. The Morgan fingerprint density at radius 2 is 1.49 bits per heavy atom. The van der Waals surface area contributed by atoms with E-state index in [-0.39, 0.29) is 28.0 Å². The van der Waals surface area contributed by atoms with Crippen molar-refractivity contribution in [2.75, 3.05) is 20.8 Å². The molecule has 3 aromatic rings. The topological polar surface area (TPSA) is 230 Å². The Labute approximate surface area is 279 Å². The van der Waals surface area contributed by atoms with E-state index in [1.54, 1.807) is 24.3 Å². The summed E-state index contributed by atoms with van der Waals surface area (Å²) in [6.45, 7) is 3.21. The third-order valence-corrected chi connectivity index (χ3v) is 8.35. The molecule has 0 bridgehead atoms. The molecule has 5 N–H and O–H groups in total. The van der Waals surface area contributed by atoms with E-state index in [0.717, 1.165) is 13.8 Å². The highest BCUT2D eigenvalue weighted by Gasteiger charge is 2.50. The van der Waals surface area contributed by atoms with Crippen LogP contribution in [0.25, 0.3) is 22.3 Å². The standard InChI is InChI=1S/C33H38O16/c1-13-29(46-14(2)34)32(47-15(3)35)28(41)33(45-13)44-12-22-24(37)26(39)27(40)31(49-22)18-10-21-23(25(38)30(18)43-5)19(36)11-20(48-21)16-6-8-17(42-4)9-7-16/h6-11,13,22,24,26-29,31-33,37-41H,12H2,1-5H3/t13-,22+,24+,26-,27+,28+,29-,31-,32-,33+/m0/s1. The Kier molecular flexibility index (Phi) is 10.8. The van der Waals surface area contributed by atoms with Gasteiger partial charge in [-0.05, 0) is 37.3 Å². The summed E-state index contributed by atoms with van der Waals surface area (Å²) in [5, 5.41) is 54.6. The number of hydrogen-bond acceptors (Lipinski definition) is 16. The average molecular weight is 691 g/mol. The van der Waals surface area contributed by atoms with Crippen LogP contribution >= 0.6 is 0 Å². The number of aliphatic hydroxyl groups is 4. The van der Waals surface area contributed by atoms with Crippen molar-refractivity contribution in [3.05, 3.63) is 52.2 Å². The first-order valence-corrected chi connectivity index (χ1v) is 15.3. The first-order chi connectivity index (χ1) is 23.2. The molecule has 0 saturated carbocycles. The van der Waals surface area contributed by atoms with Gasteiger partial charge in [0, 0.05) is 31.0 Å². The van der Waals surface area contributed by atoms with Gasteiger partial charge < -0.3 is 63.1 Å². The van der Waals surface area contributed by atoms with E-state index in [9.17, 15) is 39.9 Å². The van der Waals surface area contributed by atoms with Gasteiger partial charge in [0.2, 0.25) is 0 Å². The van der Waals surface area contributed by atoms with Crippen molar-refractivity contribution < 1.29 is 72.7 Å². The maximum atomic E-state index is 13.2. The minimum absolute atomic E-state index is 0.0345. The molecule has 2 aliphatic rings. The second-order valence-corrected chi connectivity index (χ2v) is 11.7. The number of phenolic OH excluding ortho intramolecular Hbond substituents is 1. The Balaban J connectivity index is 1.44. The predicted octanol–water partition coefficient (Wildman–Crippen LogP) is 0.691. The van der Waals surface area contributed by atoms with E-state index < -0.39 is 90.9 Å². The van der Waals surface area contributed by atoms with Crippen molar-refractivity contribution in [1.29, 1.82) is 0 Å². The van der Waals surface area contributed by atoms with Crippen LogP contribution < -0.4 is 14.9 Å². The molecular formula is C33H38O16. The van der Waals surface area contributed by atoms with Gasteiger partial charge in [-0.15, -0.1) is 0 Å². The smallest absolute Gasteiger partial charge is 0.303 e. The van der Waals surface area contributed by atoms with Gasteiger partial charge in [0.1, 0.15) is 59.1 Å². The van der Waals surface area contributed by atoms with E-state index >= 15 is 0 Å². The molecule has 2 fully saturated rings. The van der Waals surface area contributed by atoms with Crippen molar-refractivity contribution in [2.45, 2.75) is 82.0 Å². The van der Waals surface area contributed by atoms with E-state index in [2.05, 4.69) is 0 Å². The van der Waals surface area contributed by atoms with Gasteiger partial charge in [-0.2, -0.15) is 0 Å². The molecule has 2 aromatic carbocycles. The van der Waals surface area contributed by atoms with Gasteiger partial charge in [-0.3, -0.25) is 14.4 Å². The second kappa shape index (κ2) is 14.7. The van der Waals surface area contributed by atoms with Gasteiger partial charge in [-0.25, -0.2) is 0 Å². The molecule has 0 spiro atoms. The molecule has 0 aliphatic carbocycles. The summed E-state index contributed by atoms with van der Waals surface area (Å²) in [4.78, 5) is 36.6. The molecule has 0 unspecified atom stereocenters. The Morgan fingerprint density at radius 3 is 2.10 bits per heavy atom. The highest BCUT2D eigenvalue weighted by atomic mass is 16.7. The summed E-state index contributed by atoms with van der Waals surface area (Å²) >= 11 is 0. The number of methoxy groups -OCH3 is 2. The summed E-state index contributed by atoms with van der Waals surface area (Å²) < 4.78 is 44.4. The normalized spacial score (nSPS) is 30.1. The molecule has 0 amide bonds. The van der Waals surface area contributed by atoms with E-state index in [1.807, 2.05) is 0 Å². The van der Waals surface area contributed by atoms with Gasteiger partial charge in [-0.1, -0.05) is 0 Å². The Hall–Kier alpha value is -4.29. The fraction of sp³-hybridized carbons (Fsp3) is 0.485. The molecule has 49 heavy (non-hydrogen) atoms. The van der Waals surface area contributed by atoms with Crippen LogP contribution in [0.1, 0.15) is 32.4 Å². The maximum Gasteiger partial charge on any atom is 0.303 e. The summed E-state index contributed by atoms with van der Waals surface area (Å²) in [6.07, 6.45) is -14.7. The molecule has 2 saturated heterocycles. The van der Waals surface area contributed by atoms with Crippen LogP contribution in [0.2, 0.25) is 0 Å². The zero-order valence-corrected chi connectivity index (χ0v) is 27.2. The molecule has 2 aliphatic heterocycles. The lowest BCUT2D eigenvalue weighted by Crippen LogP contribution is -2.61. The lowest BCUT2D eigenvalue weighted by atomic mass is 9.90. The summed E-state index contributed by atoms with van der Waals surface area (Å²) in [7, 11) is 2.72. The number of rotatable bonds is 9. The van der Waals surface area contributed by atoms with Crippen molar-refractivity contribution in [3.63, 3.8) is 0 Å². The van der Waals surface area contributed by atoms with Crippen molar-refractivity contribution in [1.82, 2.24) is 0 Å². The number of hydrogen-bond donors (Lipinski definition) is 5. The fourth-order valence-corrected chi connectivity index (χ4v) is 5.97. The molecule has 16 nitrogen and oxygen atoms in total. The van der Waals surface area contributed by atoms with Crippen LogP contribution in [0.4, 0.5) is 0 Å². The first kappa shape index (κ1) is 36.0. The molecular weight excluding hydrogens is 652 g/mol. The minimum Gasteiger partial charge on any atom is -0.504 e. The number of esters is 2. The van der Waals surface area contributed by atoms with Crippen LogP contribution in [-0.4, -0.2) is 113 Å². The molecule has 1 aromatic heterocycles. The second-order valence-electron chi connectivity index (χ2n) is 11.7. The number of aliphatic hydroxyl groups excluding tert-OH is 4. The number of aromatic hydroxyl groups is 1. The number of fused-ring (bicyclic) bond motifs is 1. The SMILES string of the molecule is COc1ccc(-c2cc(=O)c3c(O)c(OC)c([C@@H]4O[C@H](CO[C@@H]5O[C@@H](C)[C@H](OC(C)=O)[C@@H](OC(C)=O)[C@H]5O)[C@@H](O)[C@H](O)[C@H]4O)cc3o2)cc1. The van der Waals surface area contributed by atoms with Gasteiger partial charge >= 0.3 is 11.9 Å². The Morgan fingerprint density at radius 1 is 0.837 bits per heavy atom. The highest BCUT2D eigenvalue weighted by Crippen LogP contribution is 2.45. The number of phenols is 1.